The fraction of sp³-hybridized carbons (Fsp3) is 0.333. The first-order valence-electron chi connectivity index (χ1n) is 12.1. The third kappa shape index (κ3) is 6.71. The van der Waals surface area contributed by atoms with Crippen molar-refractivity contribution < 1.29 is 28.7 Å². The second-order valence-corrected chi connectivity index (χ2v) is 9.69. The van der Waals surface area contributed by atoms with E-state index >= 15 is 0 Å². The maximum absolute atomic E-state index is 12.9. The Hall–Kier alpha value is -3.79. The summed E-state index contributed by atoms with van der Waals surface area (Å²) in [4.78, 5) is 53.0. The highest BCUT2D eigenvalue weighted by atomic mass is 32.2. The zero-order valence-electron chi connectivity index (χ0n) is 20.8. The summed E-state index contributed by atoms with van der Waals surface area (Å²) in [5.41, 5.74) is 2.20. The number of hydrogen-bond donors (Lipinski definition) is 1. The molecular formula is C27H29N3O6S. The van der Waals surface area contributed by atoms with Crippen molar-refractivity contribution in [1.82, 2.24) is 9.80 Å². The summed E-state index contributed by atoms with van der Waals surface area (Å²) >= 11 is 0.775. The lowest BCUT2D eigenvalue weighted by molar-refractivity contribution is -0.132. The monoisotopic (exact) mass is 523 g/mol. The molecule has 0 atom stereocenters. The van der Waals surface area contributed by atoms with Crippen LogP contribution in [0.3, 0.4) is 0 Å². The topological polar surface area (TPSA) is 105 Å². The van der Waals surface area contributed by atoms with Gasteiger partial charge in [-0.05, 0) is 79.9 Å². The number of ether oxygens (including phenoxy) is 2. The molecule has 2 aromatic rings. The standard InChI is InChI=1S/C27H29N3O6S/c1-3-35-22-14-19(9-10-21(22)36-17-25(32)29-11-4-5-12-29)15-23-26(33)30(27(34)37-23)16-24(31)28-20-8-6-7-18(2)13-20/h6-10,13-15H,3-5,11-12,16-17H2,1-2H3,(H,28,31)/b23-15-. The number of carbonyl (C=O) groups excluding carboxylic acids is 4. The first-order chi connectivity index (χ1) is 17.8. The average Bonchev–Trinajstić information content (AvgIpc) is 3.49. The Morgan fingerprint density at radius 3 is 2.57 bits per heavy atom. The molecule has 0 aromatic heterocycles. The number of carbonyl (C=O) groups is 4. The van der Waals surface area contributed by atoms with Gasteiger partial charge in [0.05, 0.1) is 11.5 Å². The number of thioether (sulfide) groups is 1. The van der Waals surface area contributed by atoms with Crippen molar-refractivity contribution in [3.63, 3.8) is 0 Å². The molecule has 0 saturated carbocycles. The van der Waals surface area contributed by atoms with Crippen molar-refractivity contribution >= 4 is 46.5 Å². The zero-order valence-corrected chi connectivity index (χ0v) is 21.6. The minimum Gasteiger partial charge on any atom is -0.490 e. The van der Waals surface area contributed by atoms with Crippen LogP contribution in [0.4, 0.5) is 10.5 Å². The summed E-state index contributed by atoms with van der Waals surface area (Å²) in [6.07, 6.45) is 3.59. The van der Waals surface area contributed by atoms with Crippen LogP contribution < -0.4 is 14.8 Å². The number of amides is 4. The van der Waals surface area contributed by atoms with Gasteiger partial charge in [0.15, 0.2) is 18.1 Å². The predicted octanol–water partition coefficient (Wildman–Crippen LogP) is 4.07. The van der Waals surface area contributed by atoms with Crippen LogP contribution in [0.25, 0.3) is 6.08 Å². The van der Waals surface area contributed by atoms with Crippen LogP contribution in [-0.2, 0) is 14.4 Å². The lowest BCUT2D eigenvalue weighted by Gasteiger charge is -2.17. The number of nitrogens with zero attached hydrogens (tertiary/aromatic N) is 2. The van der Waals surface area contributed by atoms with Crippen LogP contribution in [0.1, 0.15) is 30.9 Å². The Bertz CT molecular complexity index is 1240. The smallest absolute Gasteiger partial charge is 0.294 e. The lowest BCUT2D eigenvalue weighted by atomic mass is 10.2. The molecule has 0 aliphatic carbocycles. The molecule has 2 fully saturated rings. The number of rotatable bonds is 9. The number of hydrogen-bond acceptors (Lipinski definition) is 7. The minimum atomic E-state index is -0.538. The van der Waals surface area contributed by atoms with E-state index in [1.54, 1.807) is 41.3 Å². The second-order valence-electron chi connectivity index (χ2n) is 8.70. The zero-order chi connectivity index (χ0) is 26.4. The molecule has 0 radical (unpaired) electrons. The number of benzene rings is 2. The minimum absolute atomic E-state index is 0.0656. The molecule has 2 saturated heterocycles. The molecule has 2 aromatic carbocycles. The summed E-state index contributed by atoms with van der Waals surface area (Å²) in [6, 6.07) is 12.3. The molecule has 37 heavy (non-hydrogen) atoms. The van der Waals surface area contributed by atoms with Gasteiger partial charge < -0.3 is 19.7 Å². The highest BCUT2D eigenvalue weighted by molar-refractivity contribution is 8.18. The fourth-order valence-electron chi connectivity index (χ4n) is 4.05. The van der Waals surface area contributed by atoms with Crippen LogP contribution in [0.15, 0.2) is 47.4 Å². The number of likely N-dealkylation sites (tertiary alicyclic amines) is 1. The van der Waals surface area contributed by atoms with Crippen molar-refractivity contribution in [2.24, 2.45) is 0 Å². The quantitative estimate of drug-likeness (QED) is 0.494. The Kier molecular flexibility index (Phi) is 8.50. The average molecular weight is 524 g/mol. The first-order valence-corrected chi connectivity index (χ1v) is 12.9. The van der Waals surface area contributed by atoms with Crippen molar-refractivity contribution in [2.45, 2.75) is 26.7 Å². The highest BCUT2D eigenvalue weighted by Gasteiger charge is 2.36. The van der Waals surface area contributed by atoms with Crippen LogP contribution >= 0.6 is 11.8 Å². The maximum atomic E-state index is 12.9. The molecule has 0 bridgehead atoms. The van der Waals surface area contributed by atoms with Crippen molar-refractivity contribution in [1.29, 1.82) is 0 Å². The maximum Gasteiger partial charge on any atom is 0.294 e. The largest absolute Gasteiger partial charge is 0.490 e. The predicted molar refractivity (Wildman–Crippen MR) is 141 cm³/mol. The number of imide groups is 1. The van der Waals surface area contributed by atoms with E-state index in [9.17, 15) is 19.2 Å². The molecule has 1 N–H and O–H groups in total. The van der Waals surface area contributed by atoms with Gasteiger partial charge in [0.2, 0.25) is 5.91 Å². The van der Waals surface area contributed by atoms with E-state index in [0.29, 0.717) is 29.4 Å². The Morgan fingerprint density at radius 1 is 1.05 bits per heavy atom. The van der Waals surface area contributed by atoms with Crippen molar-refractivity contribution in [3.8, 4) is 11.5 Å². The fourth-order valence-corrected chi connectivity index (χ4v) is 4.89. The van der Waals surface area contributed by atoms with Gasteiger partial charge in [-0.15, -0.1) is 0 Å². The molecular weight excluding hydrogens is 494 g/mol. The molecule has 9 nitrogen and oxygen atoms in total. The van der Waals surface area contributed by atoms with E-state index in [4.69, 9.17) is 9.47 Å². The first kappa shape index (κ1) is 26.3. The summed E-state index contributed by atoms with van der Waals surface area (Å²) in [5, 5.41) is 2.20. The van der Waals surface area contributed by atoms with Crippen LogP contribution in [0.2, 0.25) is 0 Å². The van der Waals surface area contributed by atoms with Crippen molar-refractivity contribution in [3.05, 3.63) is 58.5 Å². The van der Waals surface area contributed by atoms with Gasteiger partial charge >= 0.3 is 0 Å². The van der Waals surface area contributed by atoms with E-state index in [1.165, 1.54) is 0 Å². The number of anilines is 1. The molecule has 0 spiro atoms. The SMILES string of the molecule is CCOc1cc(/C=C2\SC(=O)N(CC(=O)Nc3cccc(C)c3)C2=O)ccc1OCC(=O)N1CCCC1. The molecule has 10 heteroatoms. The highest BCUT2D eigenvalue weighted by Crippen LogP contribution is 2.34. The Balaban J connectivity index is 1.42. The second kappa shape index (κ2) is 12.0. The molecule has 4 rings (SSSR count). The third-order valence-corrected chi connectivity index (χ3v) is 6.76. The van der Waals surface area contributed by atoms with Gasteiger partial charge in [-0.1, -0.05) is 18.2 Å². The van der Waals surface area contributed by atoms with Crippen LogP contribution in [0.5, 0.6) is 11.5 Å². The van der Waals surface area contributed by atoms with Crippen LogP contribution in [-0.4, -0.2) is 65.6 Å². The van der Waals surface area contributed by atoms with E-state index in [0.717, 1.165) is 48.2 Å². The molecule has 194 valence electrons. The lowest BCUT2D eigenvalue weighted by Crippen LogP contribution is -2.36. The normalized spacial score (nSPS) is 16.4. The molecule has 2 aliphatic rings. The number of aryl methyl sites for hydroxylation is 1. The molecule has 0 unspecified atom stereocenters. The van der Waals surface area contributed by atoms with Crippen molar-refractivity contribution in [2.75, 3.05) is 38.2 Å². The van der Waals surface area contributed by atoms with E-state index < -0.39 is 17.1 Å². The van der Waals surface area contributed by atoms with Gasteiger partial charge in [0.1, 0.15) is 6.54 Å². The summed E-state index contributed by atoms with van der Waals surface area (Å²) in [5.74, 6) is -0.208. The summed E-state index contributed by atoms with van der Waals surface area (Å²) < 4.78 is 11.4. The van der Waals surface area contributed by atoms with E-state index in [2.05, 4.69) is 5.32 Å². The molecule has 2 heterocycles. The Labute approximate surface area is 219 Å². The van der Waals surface area contributed by atoms with Crippen LogP contribution in [0, 0.1) is 6.92 Å². The van der Waals surface area contributed by atoms with E-state index in [1.807, 2.05) is 26.0 Å². The Morgan fingerprint density at radius 2 is 1.84 bits per heavy atom. The summed E-state index contributed by atoms with van der Waals surface area (Å²) in [7, 11) is 0. The number of nitrogens with one attached hydrogen (secondary N) is 1. The molecule has 4 amide bonds. The summed E-state index contributed by atoms with van der Waals surface area (Å²) in [6.45, 7) is 5.16. The third-order valence-electron chi connectivity index (χ3n) is 5.85. The van der Waals surface area contributed by atoms with Gasteiger partial charge in [-0.3, -0.25) is 24.1 Å². The van der Waals surface area contributed by atoms with Gasteiger partial charge in [-0.25, -0.2) is 0 Å². The van der Waals surface area contributed by atoms with E-state index in [-0.39, 0.29) is 24.0 Å². The molecule has 2 aliphatic heterocycles. The van der Waals surface area contributed by atoms with Gasteiger partial charge in [0, 0.05) is 18.8 Å². The van der Waals surface area contributed by atoms with Gasteiger partial charge in [0.25, 0.3) is 17.1 Å². The van der Waals surface area contributed by atoms with Gasteiger partial charge in [-0.2, -0.15) is 0 Å².